The van der Waals surface area contributed by atoms with E-state index in [0.29, 0.717) is 28.5 Å². The zero-order chi connectivity index (χ0) is 30.6. The Bertz CT molecular complexity index is 1650. The van der Waals surface area contributed by atoms with Gasteiger partial charge in [-0.05, 0) is 43.4 Å². The van der Waals surface area contributed by atoms with E-state index in [2.05, 4.69) is 15.1 Å². The van der Waals surface area contributed by atoms with E-state index in [1.807, 2.05) is 55.6 Å². The van der Waals surface area contributed by atoms with Crippen LogP contribution in [0.5, 0.6) is 5.75 Å². The molecule has 1 aliphatic carbocycles. The van der Waals surface area contributed by atoms with Gasteiger partial charge in [0.25, 0.3) is 5.56 Å². The molecule has 6 rings (SSSR count). The highest BCUT2D eigenvalue weighted by molar-refractivity contribution is 5.81. The number of nitrogens with one attached hydrogen (secondary N) is 1. The van der Waals surface area contributed by atoms with Gasteiger partial charge in [0.15, 0.2) is 5.65 Å². The van der Waals surface area contributed by atoms with Crippen LogP contribution in [-0.2, 0) is 18.4 Å². The summed E-state index contributed by atoms with van der Waals surface area (Å²) < 4.78 is 13.0. The number of hydrogen-bond acceptors (Lipinski definition) is 7. The fourth-order valence-electron chi connectivity index (χ4n) is 6.72. The third-order valence-corrected chi connectivity index (χ3v) is 9.38. The quantitative estimate of drug-likeness (QED) is 0.260. The molecule has 3 heterocycles. The van der Waals surface area contributed by atoms with Gasteiger partial charge in [-0.15, -0.1) is 0 Å². The molecule has 4 aromatic rings. The van der Waals surface area contributed by atoms with Crippen LogP contribution in [0, 0.1) is 0 Å². The lowest BCUT2D eigenvalue weighted by atomic mass is 9.95. The number of piperidine rings is 1. The lowest BCUT2D eigenvalue weighted by molar-refractivity contribution is 0.0862. The van der Waals surface area contributed by atoms with Crippen molar-refractivity contribution in [3.05, 3.63) is 70.1 Å². The maximum atomic E-state index is 13.7. The summed E-state index contributed by atoms with van der Waals surface area (Å²) in [4.78, 5) is 35.2. The molecule has 10 nitrogen and oxygen atoms in total. The highest BCUT2D eigenvalue weighted by atomic mass is 16.6. The number of nitrogens with zero attached hydrogens (tertiary/aromatic N) is 5. The molecule has 1 aliphatic heterocycles. The second kappa shape index (κ2) is 13.1. The van der Waals surface area contributed by atoms with Crippen molar-refractivity contribution in [3.63, 3.8) is 0 Å². The standard InChI is InChI=1S/C34H42N6O4/c1-38(34(42)44-22-23-11-7-6-8-12-23)25-17-19-40(20-18-25)26-15-16-27(28(21-26)43-3)32-35-31-29(33(41)39(32)2)30(36-37-31)24-13-9-4-5-10-14-24/h6-8,11-12,15-16,21,24-25H,4-5,9-10,13-14,17-20,22H2,1-3H3,(H,36,37). The summed E-state index contributed by atoms with van der Waals surface area (Å²) in [5.41, 5.74) is 4.05. The van der Waals surface area contributed by atoms with Gasteiger partial charge in [0, 0.05) is 50.9 Å². The number of aromatic nitrogens is 4. The van der Waals surface area contributed by atoms with E-state index < -0.39 is 0 Å². The number of methoxy groups -OCH3 is 1. The van der Waals surface area contributed by atoms with E-state index in [1.54, 1.807) is 23.6 Å². The number of fused-ring (bicyclic) bond motifs is 1. The van der Waals surface area contributed by atoms with E-state index >= 15 is 0 Å². The van der Waals surface area contributed by atoms with Gasteiger partial charge in [0.2, 0.25) is 0 Å². The first-order valence-electron chi connectivity index (χ1n) is 15.8. The molecule has 0 bridgehead atoms. The third-order valence-electron chi connectivity index (χ3n) is 9.38. The van der Waals surface area contributed by atoms with Gasteiger partial charge in [0.1, 0.15) is 23.6 Å². The molecule has 2 fully saturated rings. The molecule has 2 aromatic carbocycles. The minimum Gasteiger partial charge on any atom is -0.496 e. The molecule has 0 atom stereocenters. The van der Waals surface area contributed by atoms with Crippen molar-refractivity contribution in [1.82, 2.24) is 24.6 Å². The maximum absolute atomic E-state index is 13.7. The van der Waals surface area contributed by atoms with Crippen LogP contribution in [0.1, 0.15) is 68.5 Å². The Kier molecular flexibility index (Phi) is 8.86. The van der Waals surface area contributed by atoms with Gasteiger partial charge in [-0.2, -0.15) is 5.10 Å². The number of benzene rings is 2. The molecule has 1 saturated heterocycles. The zero-order valence-electron chi connectivity index (χ0n) is 25.9. The van der Waals surface area contributed by atoms with Crippen LogP contribution < -0.4 is 15.2 Å². The SMILES string of the molecule is COc1cc(N2CCC(N(C)C(=O)OCc3ccccc3)CC2)ccc1-c1nc2n[nH]c(C3CCCCCC3)c2c(=O)n1C. The van der Waals surface area contributed by atoms with Crippen molar-refractivity contribution < 1.29 is 14.3 Å². The average Bonchev–Trinajstić information content (AvgIpc) is 3.30. The average molecular weight is 599 g/mol. The minimum atomic E-state index is -0.299. The Morgan fingerprint density at radius 1 is 1.02 bits per heavy atom. The fraction of sp³-hybridized carbons (Fsp3) is 0.471. The molecule has 232 valence electrons. The normalized spacial score (nSPS) is 16.6. The van der Waals surface area contributed by atoms with Crippen molar-refractivity contribution in [3.8, 4) is 17.1 Å². The van der Waals surface area contributed by atoms with E-state index in [4.69, 9.17) is 14.5 Å². The molecule has 0 radical (unpaired) electrons. The number of H-pyrrole nitrogens is 1. The molecular weight excluding hydrogens is 556 g/mol. The molecule has 2 aromatic heterocycles. The number of rotatable bonds is 7. The van der Waals surface area contributed by atoms with Crippen molar-refractivity contribution in [2.45, 2.75) is 69.9 Å². The first-order valence-corrected chi connectivity index (χ1v) is 15.8. The summed E-state index contributed by atoms with van der Waals surface area (Å²) in [5, 5.41) is 8.27. The Morgan fingerprint density at radius 2 is 1.75 bits per heavy atom. The van der Waals surface area contributed by atoms with E-state index in [9.17, 15) is 9.59 Å². The lowest BCUT2D eigenvalue weighted by Gasteiger charge is -2.37. The summed E-state index contributed by atoms with van der Waals surface area (Å²) in [6.45, 7) is 1.86. The van der Waals surface area contributed by atoms with Gasteiger partial charge in [0.05, 0.1) is 18.4 Å². The Labute approximate surface area is 258 Å². The van der Waals surface area contributed by atoms with Crippen LogP contribution in [0.3, 0.4) is 0 Å². The molecule has 2 aliphatic rings. The van der Waals surface area contributed by atoms with Crippen LogP contribution >= 0.6 is 0 Å². The van der Waals surface area contributed by atoms with Crippen molar-refractivity contribution >= 4 is 22.8 Å². The van der Waals surface area contributed by atoms with Gasteiger partial charge < -0.3 is 19.3 Å². The van der Waals surface area contributed by atoms with Crippen molar-refractivity contribution in [2.24, 2.45) is 7.05 Å². The number of anilines is 1. The zero-order valence-corrected chi connectivity index (χ0v) is 25.9. The van der Waals surface area contributed by atoms with E-state index in [-0.39, 0.29) is 24.3 Å². The molecule has 1 saturated carbocycles. The lowest BCUT2D eigenvalue weighted by Crippen LogP contribution is -2.45. The molecule has 0 unspecified atom stereocenters. The van der Waals surface area contributed by atoms with Crippen molar-refractivity contribution in [2.75, 3.05) is 32.1 Å². The third kappa shape index (κ3) is 6.02. The Balaban J connectivity index is 1.15. The molecule has 1 amide bonds. The predicted molar refractivity (Wildman–Crippen MR) is 171 cm³/mol. The summed E-state index contributed by atoms with van der Waals surface area (Å²) in [6, 6.07) is 15.9. The first-order chi connectivity index (χ1) is 21.4. The monoisotopic (exact) mass is 598 g/mol. The van der Waals surface area contributed by atoms with Crippen molar-refractivity contribution in [1.29, 1.82) is 0 Å². The molecular formula is C34H42N6O4. The smallest absolute Gasteiger partial charge is 0.410 e. The summed E-state index contributed by atoms with van der Waals surface area (Å²) in [6.07, 6.45) is 8.35. The van der Waals surface area contributed by atoms with Gasteiger partial charge in [-0.1, -0.05) is 56.0 Å². The predicted octanol–water partition coefficient (Wildman–Crippen LogP) is 6.01. The van der Waals surface area contributed by atoms with Crippen LogP contribution in [0.4, 0.5) is 10.5 Å². The van der Waals surface area contributed by atoms with E-state index in [0.717, 1.165) is 61.3 Å². The molecule has 10 heteroatoms. The summed E-state index contributed by atoms with van der Waals surface area (Å²) in [7, 11) is 5.23. The number of aromatic amines is 1. The Hall–Kier alpha value is -4.34. The summed E-state index contributed by atoms with van der Waals surface area (Å²) in [5.74, 6) is 1.49. The van der Waals surface area contributed by atoms with Gasteiger partial charge in [-0.3, -0.25) is 14.5 Å². The maximum Gasteiger partial charge on any atom is 0.410 e. The first kappa shape index (κ1) is 29.7. The second-order valence-electron chi connectivity index (χ2n) is 12.1. The minimum absolute atomic E-state index is 0.0855. The highest BCUT2D eigenvalue weighted by Crippen LogP contribution is 2.36. The van der Waals surface area contributed by atoms with Gasteiger partial charge >= 0.3 is 6.09 Å². The Morgan fingerprint density at radius 3 is 2.45 bits per heavy atom. The van der Waals surface area contributed by atoms with Crippen LogP contribution in [0.25, 0.3) is 22.4 Å². The number of ether oxygens (including phenoxy) is 2. The summed E-state index contributed by atoms with van der Waals surface area (Å²) >= 11 is 0. The number of carbonyl (C=O) groups excluding carboxylic acids is 1. The number of carbonyl (C=O) groups is 1. The van der Waals surface area contributed by atoms with E-state index in [1.165, 1.54) is 25.7 Å². The second-order valence-corrected chi connectivity index (χ2v) is 12.1. The molecule has 44 heavy (non-hydrogen) atoms. The van der Waals surface area contributed by atoms with Crippen LogP contribution in [0.15, 0.2) is 53.3 Å². The highest BCUT2D eigenvalue weighted by Gasteiger charge is 2.28. The fourth-order valence-corrected chi connectivity index (χ4v) is 6.72. The molecule has 0 spiro atoms. The number of amides is 1. The topological polar surface area (TPSA) is 106 Å². The van der Waals surface area contributed by atoms with Gasteiger partial charge in [-0.25, -0.2) is 9.78 Å². The number of hydrogen-bond donors (Lipinski definition) is 1. The largest absolute Gasteiger partial charge is 0.496 e. The van der Waals surface area contributed by atoms with Crippen LogP contribution in [-0.4, -0.2) is 64.0 Å². The van der Waals surface area contributed by atoms with Crippen LogP contribution in [0.2, 0.25) is 0 Å². The molecule has 1 N–H and O–H groups in total.